The van der Waals surface area contributed by atoms with E-state index in [9.17, 15) is 0 Å². The minimum Gasteiger partial charge on any atom is -0.395 e. The number of aromatic nitrogens is 1. The van der Waals surface area contributed by atoms with Crippen LogP contribution in [0.1, 0.15) is 12.8 Å². The molecule has 0 spiro atoms. The predicted molar refractivity (Wildman–Crippen MR) is 87.5 cm³/mol. The zero-order chi connectivity index (χ0) is 14.1. The van der Waals surface area contributed by atoms with Crippen molar-refractivity contribution in [1.82, 2.24) is 9.88 Å². The Morgan fingerprint density at radius 3 is 2.90 bits per heavy atom. The molecule has 108 valence electrons. The van der Waals surface area contributed by atoms with E-state index < -0.39 is 0 Å². The van der Waals surface area contributed by atoms with Crippen molar-refractivity contribution in [1.29, 1.82) is 0 Å². The van der Waals surface area contributed by atoms with Crippen LogP contribution >= 0.6 is 11.3 Å². The number of likely N-dealkylation sites (tertiary alicyclic amines) is 1. The second-order valence-corrected chi connectivity index (χ2v) is 6.71. The quantitative estimate of drug-likeness (QED) is 0.883. The number of nitrogens with zero attached hydrogens (tertiary/aromatic N) is 3. The van der Waals surface area contributed by atoms with E-state index >= 15 is 0 Å². The number of rotatable bonds is 3. The average Bonchev–Trinajstić information content (AvgIpc) is 2.91. The average molecular weight is 290 g/mol. The Morgan fingerprint density at radius 1 is 1.40 bits per heavy atom. The highest BCUT2D eigenvalue weighted by molar-refractivity contribution is 7.16. The third-order valence-corrected chi connectivity index (χ3v) is 5.09. The standard InChI is InChI=1S/C15H22N4S/c1-18-7-5-11(6-8-18)9-19(2)12-3-4-13-15(14(12)16)17-10-20-13/h3-4,10-11H,5-9,16H2,1-2H3. The van der Waals surface area contributed by atoms with Crippen molar-refractivity contribution < 1.29 is 0 Å². The smallest absolute Gasteiger partial charge is 0.106 e. The highest BCUT2D eigenvalue weighted by Gasteiger charge is 2.19. The Balaban J connectivity index is 1.75. The van der Waals surface area contributed by atoms with Gasteiger partial charge in [0.25, 0.3) is 0 Å². The Bertz CT molecular complexity index is 587. The molecule has 1 fully saturated rings. The van der Waals surface area contributed by atoms with Crippen molar-refractivity contribution in [2.75, 3.05) is 44.4 Å². The minimum atomic E-state index is 0.765. The second-order valence-electron chi connectivity index (χ2n) is 5.82. The molecule has 0 unspecified atom stereocenters. The van der Waals surface area contributed by atoms with Crippen LogP contribution in [0.5, 0.6) is 0 Å². The fourth-order valence-corrected chi connectivity index (χ4v) is 3.70. The summed E-state index contributed by atoms with van der Waals surface area (Å²) in [5.74, 6) is 0.765. The van der Waals surface area contributed by atoms with Gasteiger partial charge in [0.1, 0.15) is 5.52 Å². The lowest BCUT2D eigenvalue weighted by Gasteiger charge is -2.32. The zero-order valence-corrected chi connectivity index (χ0v) is 13.0. The van der Waals surface area contributed by atoms with Crippen LogP contribution in [0.2, 0.25) is 0 Å². The highest BCUT2D eigenvalue weighted by atomic mass is 32.1. The Labute approximate surface area is 124 Å². The van der Waals surface area contributed by atoms with Gasteiger partial charge in [-0.05, 0) is 51.0 Å². The highest BCUT2D eigenvalue weighted by Crippen LogP contribution is 2.32. The number of anilines is 2. The van der Waals surface area contributed by atoms with Gasteiger partial charge in [-0.3, -0.25) is 0 Å². The summed E-state index contributed by atoms with van der Waals surface area (Å²) in [5, 5.41) is 0. The van der Waals surface area contributed by atoms with Gasteiger partial charge in [0, 0.05) is 13.6 Å². The molecule has 0 radical (unpaired) electrons. The Hall–Kier alpha value is -1.33. The summed E-state index contributed by atoms with van der Waals surface area (Å²) in [6.07, 6.45) is 2.55. The number of hydrogen-bond acceptors (Lipinski definition) is 5. The topological polar surface area (TPSA) is 45.4 Å². The van der Waals surface area contributed by atoms with E-state index in [1.54, 1.807) is 11.3 Å². The molecule has 1 aliphatic heterocycles. The number of nitrogens with two attached hydrogens (primary N) is 1. The van der Waals surface area contributed by atoms with Gasteiger partial charge in [0.05, 0.1) is 21.6 Å². The molecule has 0 atom stereocenters. The number of piperidine rings is 1. The summed E-state index contributed by atoms with van der Waals surface area (Å²) in [7, 11) is 4.34. The summed E-state index contributed by atoms with van der Waals surface area (Å²) >= 11 is 1.64. The van der Waals surface area contributed by atoms with Gasteiger partial charge in [-0.25, -0.2) is 4.98 Å². The van der Waals surface area contributed by atoms with Crippen LogP contribution in [-0.2, 0) is 0 Å². The normalized spacial score (nSPS) is 17.7. The van der Waals surface area contributed by atoms with Crippen LogP contribution in [-0.4, -0.2) is 43.6 Å². The molecule has 0 bridgehead atoms. The lowest BCUT2D eigenvalue weighted by atomic mass is 9.96. The van der Waals surface area contributed by atoms with Gasteiger partial charge >= 0.3 is 0 Å². The SMILES string of the molecule is CN1CCC(CN(C)c2ccc3scnc3c2N)CC1. The van der Waals surface area contributed by atoms with Crippen LogP contribution in [0.15, 0.2) is 17.6 Å². The first-order valence-corrected chi connectivity index (χ1v) is 8.04. The zero-order valence-electron chi connectivity index (χ0n) is 12.2. The molecule has 1 aromatic carbocycles. The number of nitrogen functional groups attached to an aromatic ring is 1. The van der Waals surface area contributed by atoms with E-state index in [1.807, 2.05) is 5.51 Å². The molecule has 2 aromatic rings. The molecule has 2 N–H and O–H groups in total. The summed E-state index contributed by atoms with van der Waals surface area (Å²) < 4.78 is 1.17. The first-order valence-electron chi connectivity index (χ1n) is 7.16. The summed E-state index contributed by atoms with van der Waals surface area (Å²) in [6.45, 7) is 3.49. The first kappa shape index (κ1) is 13.6. The Morgan fingerprint density at radius 2 is 2.15 bits per heavy atom. The molecule has 0 aliphatic carbocycles. The van der Waals surface area contributed by atoms with Crippen LogP contribution in [0.3, 0.4) is 0 Å². The molecule has 1 saturated heterocycles. The molecule has 1 aromatic heterocycles. The third kappa shape index (κ3) is 2.60. The molecule has 0 saturated carbocycles. The minimum absolute atomic E-state index is 0.765. The fourth-order valence-electron chi connectivity index (χ4n) is 3.00. The van der Waals surface area contributed by atoms with Crippen molar-refractivity contribution in [3.05, 3.63) is 17.6 Å². The van der Waals surface area contributed by atoms with Gasteiger partial charge in [0.15, 0.2) is 0 Å². The van der Waals surface area contributed by atoms with E-state index in [1.165, 1.54) is 30.6 Å². The lowest BCUT2D eigenvalue weighted by molar-refractivity contribution is 0.222. The lowest BCUT2D eigenvalue weighted by Crippen LogP contribution is -2.35. The third-order valence-electron chi connectivity index (χ3n) is 4.30. The van der Waals surface area contributed by atoms with Gasteiger partial charge in [-0.15, -0.1) is 11.3 Å². The van der Waals surface area contributed by atoms with Crippen molar-refractivity contribution in [3.63, 3.8) is 0 Å². The number of benzene rings is 1. The van der Waals surface area contributed by atoms with Gasteiger partial charge in [0.2, 0.25) is 0 Å². The predicted octanol–water partition coefficient (Wildman–Crippen LogP) is 2.66. The summed E-state index contributed by atoms with van der Waals surface area (Å²) in [6, 6.07) is 4.26. The molecule has 1 aliphatic rings. The molecule has 20 heavy (non-hydrogen) atoms. The van der Waals surface area contributed by atoms with Crippen molar-refractivity contribution in [2.24, 2.45) is 5.92 Å². The van der Waals surface area contributed by atoms with E-state index in [-0.39, 0.29) is 0 Å². The molecular weight excluding hydrogens is 268 g/mol. The maximum Gasteiger partial charge on any atom is 0.106 e. The van der Waals surface area contributed by atoms with Crippen LogP contribution in [0.4, 0.5) is 11.4 Å². The van der Waals surface area contributed by atoms with E-state index in [0.717, 1.165) is 29.4 Å². The van der Waals surface area contributed by atoms with Crippen molar-refractivity contribution in [3.8, 4) is 0 Å². The van der Waals surface area contributed by atoms with Crippen LogP contribution in [0, 0.1) is 5.92 Å². The fraction of sp³-hybridized carbons (Fsp3) is 0.533. The summed E-state index contributed by atoms with van der Waals surface area (Å²) in [5.41, 5.74) is 11.0. The van der Waals surface area contributed by atoms with E-state index in [2.05, 4.69) is 41.0 Å². The maximum absolute atomic E-state index is 6.29. The number of fused-ring (bicyclic) bond motifs is 1. The molecule has 4 nitrogen and oxygen atoms in total. The number of hydrogen-bond donors (Lipinski definition) is 1. The van der Waals surface area contributed by atoms with Crippen LogP contribution < -0.4 is 10.6 Å². The van der Waals surface area contributed by atoms with Crippen LogP contribution in [0.25, 0.3) is 10.2 Å². The van der Waals surface area contributed by atoms with Gasteiger partial charge in [-0.1, -0.05) is 0 Å². The molecular formula is C15H22N4S. The van der Waals surface area contributed by atoms with Crippen molar-refractivity contribution >= 4 is 32.9 Å². The maximum atomic E-state index is 6.29. The van der Waals surface area contributed by atoms with E-state index in [4.69, 9.17) is 5.73 Å². The first-order chi connectivity index (χ1) is 9.65. The Kier molecular flexibility index (Phi) is 3.81. The van der Waals surface area contributed by atoms with Gasteiger partial charge < -0.3 is 15.5 Å². The monoisotopic (exact) mass is 290 g/mol. The summed E-state index contributed by atoms with van der Waals surface area (Å²) in [4.78, 5) is 9.08. The largest absolute Gasteiger partial charge is 0.395 e. The van der Waals surface area contributed by atoms with E-state index in [0.29, 0.717) is 0 Å². The second kappa shape index (κ2) is 5.58. The molecule has 0 amide bonds. The molecule has 5 heteroatoms. The van der Waals surface area contributed by atoms with Gasteiger partial charge in [-0.2, -0.15) is 0 Å². The number of thiazole rings is 1. The van der Waals surface area contributed by atoms with Crippen molar-refractivity contribution in [2.45, 2.75) is 12.8 Å². The molecule has 2 heterocycles. The molecule has 3 rings (SSSR count).